The van der Waals surface area contributed by atoms with Gasteiger partial charge in [-0.3, -0.25) is 0 Å². The predicted molar refractivity (Wildman–Crippen MR) is 122 cm³/mol. The largest absolute Gasteiger partial charge is 0.140 e. The monoisotopic (exact) mass is 449 g/mol. The Morgan fingerprint density at radius 1 is 0.704 bits per heavy atom. The van der Waals surface area contributed by atoms with E-state index in [1.54, 1.807) is 77.0 Å². The molecule has 0 heterocycles. The van der Waals surface area contributed by atoms with Gasteiger partial charge in [-0.05, 0) is 125 Å². The van der Waals surface area contributed by atoms with Gasteiger partial charge in [0.05, 0.1) is 22.4 Å². The SMILES string of the molecule is C=CCCC[P+](Br)(C12CC3CC(CC(C3)C1)C2)C12CC3CC(CC(C3)C1)C2. The molecule has 8 rings (SSSR count). The summed E-state index contributed by atoms with van der Waals surface area (Å²) >= 11 is 4.87. The predicted octanol–water partition coefficient (Wildman–Crippen LogP) is 8.22. The van der Waals surface area contributed by atoms with Crippen molar-refractivity contribution in [2.75, 3.05) is 6.16 Å². The Morgan fingerprint density at radius 2 is 1.04 bits per heavy atom. The maximum Gasteiger partial charge on any atom is 0.140 e. The summed E-state index contributed by atoms with van der Waals surface area (Å²) in [5.74, 6) is 5.46. The van der Waals surface area contributed by atoms with Crippen LogP contribution in [-0.2, 0) is 0 Å². The number of unbranched alkanes of at least 4 members (excludes halogenated alkanes) is 1. The highest BCUT2D eigenvalue weighted by molar-refractivity contribution is 9.42. The number of hydrogen-bond donors (Lipinski definition) is 0. The van der Waals surface area contributed by atoms with Gasteiger partial charge in [0.25, 0.3) is 0 Å². The van der Waals surface area contributed by atoms with Gasteiger partial charge in [0.2, 0.25) is 0 Å². The standard InChI is InChI=1S/C25H39BrP/c1-2-3-4-5-27(26,24-12-18-6-19(13-24)8-20(7-18)14-24)25-15-21-9-22(16-25)11-23(10-21)17-25/h2,18-23H,1,3-17H2/q+1. The summed E-state index contributed by atoms with van der Waals surface area (Å²) in [6.07, 6.45) is 25.7. The first-order valence-corrected chi connectivity index (χ1v) is 16.2. The van der Waals surface area contributed by atoms with Crippen LogP contribution in [0, 0.1) is 35.5 Å². The van der Waals surface area contributed by atoms with Crippen LogP contribution in [0.5, 0.6) is 0 Å². The molecular formula is C25H39BrP+. The Labute approximate surface area is 175 Å². The zero-order valence-electron chi connectivity index (χ0n) is 17.2. The second kappa shape index (κ2) is 6.33. The van der Waals surface area contributed by atoms with Gasteiger partial charge in [-0.1, -0.05) is 6.08 Å². The third-order valence-corrected chi connectivity index (χ3v) is 21.0. The van der Waals surface area contributed by atoms with Gasteiger partial charge in [0.15, 0.2) is 0 Å². The fraction of sp³-hybridized carbons (Fsp3) is 0.920. The van der Waals surface area contributed by atoms with Crippen molar-refractivity contribution in [1.82, 2.24) is 0 Å². The Balaban J connectivity index is 1.41. The minimum Gasteiger partial charge on any atom is -0.103 e. The average Bonchev–Trinajstić information content (AvgIpc) is 2.59. The molecule has 0 saturated heterocycles. The Bertz CT molecular complexity index is 507. The molecule has 0 amide bonds. The molecule has 27 heavy (non-hydrogen) atoms. The van der Waals surface area contributed by atoms with Crippen LogP contribution >= 0.6 is 21.5 Å². The first-order valence-electron chi connectivity index (χ1n) is 12.2. The fourth-order valence-electron chi connectivity index (χ4n) is 10.4. The van der Waals surface area contributed by atoms with Crippen molar-refractivity contribution < 1.29 is 0 Å². The summed E-state index contributed by atoms with van der Waals surface area (Å²) < 4.78 is 0. The number of hydrogen-bond acceptors (Lipinski definition) is 0. The molecule has 0 aromatic rings. The highest BCUT2D eigenvalue weighted by Crippen LogP contribution is 2.92. The summed E-state index contributed by atoms with van der Waals surface area (Å²) in [7, 11) is 0. The molecule has 0 aromatic heterocycles. The first kappa shape index (κ1) is 18.4. The van der Waals surface area contributed by atoms with Crippen molar-refractivity contribution in [2.24, 2.45) is 35.5 Å². The third-order valence-electron chi connectivity index (χ3n) is 10.4. The molecule has 150 valence electrons. The molecule has 0 unspecified atom stereocenters. The van der Waals surface area contributed by atoms with E-state index in [0.717, 1.165) is 45.8 Å². The van der Waals surface area contributed by atoms with Gasteiger partial charge in [-0.15, -0.1) is 6.58 Å². The van der Waals surface area contributed by atoms with E-state index in [1.165, 1.54) is 19.0 Å². The number of rotatable bonds is 6. The van der Waals surface area contributed by atoms with E-state index < -0.39 is 5.96 Å². The molecule has 8 aliphatic carbocycles. The van der Waals surface area contributed by atoms with E-state index in [0.29, 0.717) is 0 Å². The highest BCUT2D eigenvalue weighted by Gasteiger charge is 2.74. The lowest BCUT2D eigenvalue weighted by Crippen LogP contribution is -2.59. The van der Waals surface area contributed by atoms with Crippen molar-refractivity contribution in [3.8, 4) is 0 Å². The van der Waals surface area contributed by atoms with Crippen molar-refractivity contribution >= 4 is 21.5 Å². The normalized spacial score (nSPS) is 54.3. The molecule has 0 N–H and O–H groups in total. The topological polar surface area (TPSA) is 0 Å². The Morgan fingerprint density at radius 3 is 1.33 bits per heavy atom. The van der Waals surface area contributed by atoms with Gasteiger partial charge in [-0.25, -0.2) is 0 Å². The van der Waals surface area contributed by atoms with Gasteiger partial charge >= 0.3 is 0 Å². The second-order valence-corrected chi connectivity index (χ2v) is 19.6. The lowest BCUT2D eigenvalue weighted by Gasteiger charge is -2.66. The maximum absolute atomic E-state index is 4.87. The smallest absolute Gasteiger partial charge is 0.103 e. The molecule has 0 nitrogen and oxygen atoms in total. The molecule has 8 bridgehead atoms. The van der Waals surface area contributed by atoms with Gasteiger partial charge in [0.1, 0.15) is 15.5 Å². The van der Waals surface area contributed by atoms with E-state index in [2.05, 4.69) is 12.7 Å². The molecule has 0 aromatic carbocycles. The zero-order chi connectivity index (χ0) is 18.3. The van der Waals surface area contributed by atoms with Crippen LogP contribution in [0.1, 0.15) is 89.9 Å². The van der Waals surface area contributed by atoms with Gasteiger partial charge in [0, 0.05) is 0 Å². The molecule has 0 atom stereocenters. The summed E-state index contributed by atoms with van der Waals surface area (Å²) in [6.45, 7) is 4.06. The lowest BCUT2D eigenvalue weighted by molar-refractivity contribution is 0.0178. The fourth-order valence-corrected chi connectivity index (χ4v) is 19.6. The van der Waals surface area contributed by atoms with E-state index in [-0.39, 0.29) is 0 Å². The molecule has 8 fully saturated rings. The second-order valence-electron chi connectivity index (χ2n) is 12.2. The van der Waals surface area contributed by atoms with Crippen LogP contribution in [0.15, 0.2) is 12.7 Å². The van der Waals surface area contributed by atoms with Crippen molar-refractivity contribution in [2.45, 2.75) is 100 Å². The maximum atomic E-state index is 4.87. The van der Waals surface area contributed by atoms with Crippen LogP contribution in [0.25, 0.3) is 0 Å². The van der Waals surface area contributed by atoms with E-state index in [4.69, 9.17) is 15.5 Å². The summed E-state index contributed by atoms with van der Waals surface area (Å²) in [4.78, 5) is 0. The lowest BCUT2D eigenvalue weighted by atomic mass is 9.55. The quantitative estimate of drug-likeness (QED) is 0.217. The molecule has 2 heteroatoms. The molecular weight excluding hydrogens is 411 g/mol. The number of halogens is 1. The van der Waals surface area contributed by atoms with Crippen molar-refractivity contribution in [1.29, 1.82) is 0 Å². The van der Waals surface area contributed by atoms with Crippen LogP contribution in [0.4, 0.5) is 0 Å². The van der Waals surface area contributed by atoms with E-state index in [9.17, 15) is 0 Å². The Kier molecular flexibility index (Phi) is 4.32. The third kappa shape index (κ3) is 2.62. The first-order chi connectivity index (χ1) is 13.0. The molecule has 8 aliphatic rings. The van der Waals surface area contributed by atoms with Crippen molar-refractivity contribution in [3.63, 3.8) is 0 Å². The van der Waals surface area contributed by atoms with E-state index in [1.807, 2.05) is 0 Å². The Hall–Kier alpha value is 0.650. The average molecular weight is 450 g/mol. The number of allylic oxidation sites excluding steroid dienone is 1. The van der Waals surface area contributed by atoms with E-state index >= 15 is 0 Å². The highest BCUT2D eigenvalue weighted by atomic mass is 79.9. The zero-order valence-corrected chi connectivity index (χ0v) is 19.7. The molecule has 8 saturated carbocycles. The summed E-state index contributed by atoms with van der Waals surface area (Å²) in [5.41, 5.74) is 0. The van der Waals surface area contributed by atoms with Gasteiger partial charge < -0.3 is 0 Å². The van der Waals surface area contributed by atoms with Crippen LogP contribution in [0.3, 0.4) is 0 Å². The molecule has 0 radical (unpaired) electrons. The minimum absolute atomic E-state index is 0.745. The summed E-state index contributed by atoms with van der Waals surface area (Å²) in [5, 5.41) is 1.49. The molecule has 0 spiro atoms. The van der Waals surface area contributed by atoms with Crippen LogP contribution in [-0.4, -0.2) is 16.5 Å². The summed E-state index contributed by atoms with van der Waals surface area (Å²) in [6, 6.07) is 0. The molecule has 0 aliphatic heterocycles. The van der Waals surface area contributed by atoms with Gasteiger partial charge in [-0.2, -0.15) is 0 Å². The van der Waals surface area contributed by atoms with Crippen molar-refractivity contribution in [3.05, 3.63) is 12.7 Å². The minimum atomic E-state index is -1.13. The van der Waals surface area contributed by atoms with Crippen LogP contribution in [0.2, 0.25) is 0 Å². The van der Waals surface area contributed by atoms with Crippen LogP contribution < -0.4 is 0 Å².